The quantitative estimate of drug-likeness (QED) is 0.815. The van der Waals surface area contributed by atoms with E-state index in [1.165, 1.54) is 12.1 Å². The molecule has 3 rings (SSSR count). The first-order chi connectivity index (χ1) is 12.1. The highest BCUT2D eigenvalue weighted by Crippen LogP contribution is 2.27. The second-order valence-corrected chi connectivity index (χ2v) is 7.11. The van der Waals surface area contributed by atoms with E-state index in [2.05, 4.69) is 22.0 Å². The van der Waals surface area contributed by atoms with E-state index >= 15 is 0 Å². The SMILES string of the molecule is COCCN1CCN([C@H](C(=O)NC2CC2)c2ccc(F)cc2)C[C@H]1C. The van der Waals surface area contributed by atoms with Crippen molar-refractivity contribution < 1.29 is 13.9 Å². The molecule has 1 amide bonds. The number of hydrogen-bond donors (Lipinski definition) is 1. The van der Waals surface area contributed by atoms with Crippen molar-refractivity contribution in [3.05, 3.63) is 35.6 Å². The van der Waals surface area contributed by atoms with E-state index in [1.807, 2.05) is 0 Å². The number of benzene rings is 1. The minimum atomic E-state index is -0.353. The lowest BCUT2D eigenvalue weighted by Crippen LogP contribution is -2.55. The Hall–Kier alpha value is -1.50. The van der Waals surface area contributed by atoms with Gasteiger partial charge in [0.1, 0.15) is 11.9 Å². The highest BCUT2D eigenvalue weighted by atomic mass is 19.1. The van der Waals surface area contributed by atoms with Crippen molar-refractivity contribution in [1.82, 2.24) is 15.1 Å². The second kappa shape index (κ2) is 8.25. The summed E-state index contributed by atoms with van der Waals surface area (Å²) in [4.78, 5) is 17.5. The van der Waals surface area contributed by atoms with E-state index in [9.17, 15) is 9.18 Å². The van der Waals surface area contributed by atoms with Gasteiger partial charge in [0.2, 0.25) is 5.91 Å². The summed E-state index contributed by atoms with van der Waals surface area (Å²) in [5.74, 6) is -0.241. The van der Waals surface area contributed by atoms with Gasteiger partial charge in [0.15, 0.2) is 0 Å². The molecule has 2 aliphatic rings. The van der Waals surface area contributed by atoms with E-state index in [4.69, 9.17) is 4.74 Å². The fourth-order valence-electron chi connectivity index (χ4n) is 3.48. The number of halogens is 1. The minimum Gasteiger partial charge on any atom is -0.383 e. The molecule has 0 aromatic heterocycles. The van der Waals surface area contributed by atoms with E-state index < -0.39 is 0 Å². The maximum atomic E-state index is 13.3. The molecular weight excluding hydrogens is 321 g/mol. The summed E-state index contributed by atoms with van der Waals surface area (Å²) < 4.78 is 18.5. The predicted molar refractivity (Wildman–Crippen MR) is 94.8 cm³/mol. The molecule has 2 fully saturated rings. The van der Waals surface area contributed by atoms with Gasteiger partial charge < -0.3 is 10.1 Å². The summed E-state index contributed by atoms with van der Waals surface area (Å²) >= 11 is 0. The van der Waals surface area contributed by atoms with Gasteiger partial charge in [-0.15, -0.1) is 0 Å². The topological polar surface area (TPSA) is 44.8 Å². The molecular formula is C19H28FN3O2. The number of rotatable bonds is 7. The third-order valence-corrected chi connectivity index (χ3v) is 5.10. The minimum absolute atomic E-state index is 0.0339. The van der Waals surface area contributed by atoms with Gasteiger partial charge in [-0.3, -0.25) is 14.6 Å². The molecule has 6 heteroatoms. The molecule has 138 valence electrons. The third-order valence-electron chi connectivity index (χ3n) is 5.10. The summed E-state index contributed by atoms with van der Waals surface area (Å²) in [6.45, 7) is 6.33. The molecule has 1 aliphatic heterocycles. The van der Waals surface area contributed by atoms with Gasteiger partial charge in [0.05, 0.1) is 6.61 Å². The summed E-state index contributed by atoms with van der Waals surface area (Å²) in [5, 5.41) is 3.12. The van der Waals surface area contributed by atoms with Gasteiger partial charge in [-0.1, -0.05) is 12.1 Å². The standard InChI is InChI=1S/C19H28FN3O2/c1-14-13-23(10-9-22(14)11-12-25-2)18(19(24)21-17-7-8-17)15-3-5-16(20)6-4-15/h3-6,14,17-18H,7-13H2,1-2H3,(H,21,24)/t14-,18+/m1/s1. The van der Waals surface area contributed by atoms with Crippen LogP contribution in [0, 0.1) is 5.82 Å². The molecule has 1 saturated carbocycles. The van der Waals surface area contributed by atoms with Crippen LogP contribution >= 0.6 is 0 Å². The third kappa shape index (κ3) is 4.77. The van der Waals surface area contributed by atoms with Crippen molar-refractivity contribution in [2.75, 3.05) is 39.9 Å². The van der Waals surface area contributed by atoms with Crippen LogP contribution in [0.3, 0.4) is 0 Å². The molecule has 0 bridgehead atoms. The van der Waals surface area contributed by atoms with Crippen LogP contribution in [0.2, 0.25) is 0 Å². The van der Waals surface area contributed by atoms with Crippen molar-refractivity contribution in [2.45, 2.75) is 37.9 Å². The summed E-state index contributed by atoms with van der Waals surface area (Å²) in [7, 11) is 1.72. The van der Waals surface area contributed by atoms with Crippen LogP contribution in [0.15, 0.2) is 24.3 Å². The lowest BCUT2D eigenvalue weighted by Gasteiger charge is -2.42. The first kappa shape index (κ1) is 18.3. The molecule has 1 aliphatic carbocycles. The molecule has 1 N–H and O–H groups in total. The zero-order valence-electron chi connectivity index (χ0n) is 15.1. The molecule has 5 nitrogen and oxygen atoms in total. The van der Waals surface area contributed by atoms with Gasteiger partial charge in [-0.2, -0.15) is 0 Å². The van der Waals surface area contributed by atoms with Crippen LogP contribution in [0.5, 0.6) is 0 Å². The Labute approximate surface area is 149 Å². The maximum absolute atomic E-state index is 13.3. The van der Waals surface area contributed by atoms with Crippen LogP contribution in [-0.2, 0) is 9.53 Å². The highest BCUT2D eigenvalue weighted by Gasteiger charge is 2.35. The number of carbonyl (C=O) groups excluding carboxylic acids is 1. The lowest BCUT2D eigenvalue weighted by atomic mass is 10.0. The second-order valence-electron chi connectivity index (χ2n) is 7.11. The highest BCUT2D eigenvalue weighted by molar-refractivity contribution is 5.83. The molecule has 1 saturated heterocycles. The number of carbonyl (C=O) groups is 1. The summed E-state index contributed by atoms with van der Waals surface area (Å²) in [5.41, 5.74) is 0.858. The van der Waals surface area contributed by atoms with E-state index in [0.717, 1.165) is 44.6 Å². The smallest absolute Gasteiger partial charge is 0.242 e. The van der Waals surface area contributed by atoms with Crippen molar-refractivity contribution >= 4 is 5.91 Å². The molecule has 1 heterocycles. The molecule has 2 atom stereocenters. The fourth-order valence-corrected chi connectivity index (χ4v) is 3.48. The Morgan fingerprint density at radius 2 is 2.04 bits per heavy atom. The first-order valence-electron chi connectivity index (χ1n) is 9.11. The van der Waals surface area contributed by atoms with Crippen molar-refractivity contribution in [3.63, 3.8) is 0 Å². The number of piperazine rings is 1. The first-order valence-corrected chi connectivity index (χ1v) is 9.11. The average Bonchev–Trinajstić information content (AvgIpc) is 3.40. The molecule has 25 heavy (non-hydrogen) atoms. The molecule has 0 radical (unpaired) electrons. The van der Waals surface area contributed by atoms with Crippen molar-refractivity contribution in [2.24, 2.45) is 0 Å². The number of hydrogen-bond acceptors (Lipinski definition) is 4. The molecule has 0 spiro atoms. The van der Waals surface area contributed by atoms with Crippen LogP contribution in [0.1, 0.15) is 31.4 Å². The number of methoxy groups -OCH3 is 1. The van der Waals surface area contributed by atoms with E-state index in [-0.39, 0.29) is 17.8 Å². The van der Waals surface area contributed by atoms with Crippen LogP contribution in [-0.4, -0.2) is 67.7 Å². The Kier molecular flexibility index (Phi) is 6.04. The molecule has 1 aromatic carbocycles. The average molecular weight is 349 g/mol. The Bertz CT molecular complexity index is 577. The summed E-state index contributed by atoms with van der Waals surface area (Å²) in [6.07, 6.45) is 2.12. The van der Waals surface area contributed by atoms with Gasteiger partial charge in [-0.05, 0) is 37.5 Å². The number of nitrogens with zero attached hydrogens (tertiary/aromatic N) is 2. The monoisotopic (exact) mass is 349 g/mol. The maximum Gasteiger partial charge on any atom is 0.242 e. The number of amides is 1. The zero-order valence-corrected chi connectivity index (χ0v) is 15.1. The van der Waals surface area contributed by atoms with Crippen LogP contribution in [0.4, 0.5) is 4.39 Å². The number of ether oxygens (including phenoxy) is 1. The lowest BCUT2D eigenvalue weighted by molar-refractivity contribution is -0.128. The predicted octanol–water partition coefficient (Wildman–Crippen LogP) is 1.80. The van der Waals surface area contributed by atoms with Gasteiger partial charge in [-0.25, -0.2) is 4.39 Å². The summed E-state index contributed by atoms with van der Waals surface area (Å²) in [6, 6.07) is 6.64. The Balaban J connectivity index is 1.72. The Morgan fingerprint density at radius 1 is 1.32 bits per heavy atom. The molecule has 0 unspecified atom stereocenters. The zero-order chi connectivity index (χ0) is 17.8. The normalized spacial score (nSPS) is 23.4. The van der Waals surface area contributed by atoms with Crippen molar-refractivity contribution in [3.8, 4) is 0 Å². The van der Waals surface area contributed by atoms with Gasteiger partial charge in [0, 0.05) is 45.4 Å². The van der Waals surface area contributed by atoms with Crippen LogP contribution < -0.4 is 5.32 Å². The Morgan fingerprint density at radius 3 is 2.64 bits per heavy atom. The van der Waals surface area contributed by atoms with E-state index in [0.29, 0.717) is 18.7 Å². The number of nitrogens with one attached hydrogen (secondary N) is 1. The largest absolute Gasteiger partial charge is 0.383 e. The fraction of sp³-hybridized carbons (Fsp3) is 0.632. The van der Waals surface area contributed by atoms with Crippen molar-refractivity contribution in [1.29, 1.82) is 0 Å². The van der Waals surface area contributed by atoms with Crippen LogP contribution in [0.25, 0.3) is 0 Å². The van der Waals surface area contributed by atoms with Gasteiger partial charge in [0.25, 0.3) is 0 Å². The van der Waals surface area contributed by atoms with Gasteiger partial charge >= 0.3 is 0 Å². The molecule has 1 aromatic rings. The van der Waals surface area contributed by atoms with E-state index in [1.54, 1.807) is 19.2 Å².